The molecule has 0 amide bonds. The second-order valence-corrected chi connectivity index (χ2v) is 9.39. The average molecular weight is 464 g/mol. The summed E-state index contributed by atoms with van der Waals surface area (Å²) in [6.07, 6.45) is 5.49. The number of nitrogens with zero attached hydrogens (tertiary/aromatic N) is 4. The largest absolute Gasteiger partial charge is 0.376 e. The lowest BCUT2D eigenvalue weighted by Gasteiger charge is -2.41. The molecule has 0 saturated carbocycles. The van der Waals surface area contributed by atoms with Crippen molar-refractivity contribution in [2.45, 2.75) is 38.8 Å². The van der Waals surface area contributed by atoms with Crippen molar-refractivity contribution in [3.8, 4) is 11.1 Å². The normalized spacial score (nSPS) is 23.2. The molecule has 2 aliphatic heterocycles. The van der Waals surface area contributed by atoms with E-state index in [0.717, 1.165) is 31.9 Å². The molecular formula is C22H24Cl2FN5O. The number of piperidine rings is 1. The van der Waals surface area contributed by atoms with Gasteiger partial charge in [-0.25, -0.2) is 14.4 Å². The summed E-state index contributed by atoms with van der Waals surface area (Å²) in [5, 5.41) is 0.449. The zero-order valence-corrected chi connectivity index (χ0v) is 18.9. The fourth-order valence-corrected chi connectivity index (χ4v) is 5.37. The predicted molar refractivity (Wildman–Crippen MR) is 120 cm³/mol. The lowest BCUT2D eigenvalue weighted by Crippen LogP contribution is -2.51. The van der Waals surface area contributed by atoms with Gasteiger partial charge in [-0.15, -0.1) is 0 Å². The molecule has 0 bridgehead atoms. The Balaban J connectivity index is 1.55. The van der Waals surface area contributed by atoms with E-state index in [1.54, 1.807) is 6.20 Å². The Morgan fingerprint density at radius 2 is 1.97 bits per heavy atom. The molecule has 1 spiro atoms. The highest BCUT2D eigenvalue weighted by Gasteiger charge is 2.47. The molecule has 2 fully saturated rings. The minimum Gasteiger partial charge on any atom is -0.376 e. The fraction of sp³-hybridized carbons (Fsp3) is 0.455. The summed E-state index contributed by atoms with van der Waals surface area (Å²) < 4.78 is 22.5. The van der Waals surface area contributed by atoms with E-state index < -0.39 is 5.82 Å². The van der Waals surface area contributed by atoms with Gasteiger partial charge in [0.1, 0.15) is 11.5 Å². The van der Waals surface area contributed by atoms with Crippen LogP contribution in [0.15, 0.2) is 24.5 Å². The Hall–Kier alpha value is -1.93. The maximum atomic E-state index is 14.8. The monoisotopic (exact) mass is 463 g/mol. The summed E-state index contributed by atoms with van der Waals surface area (Å²) in [7, 11) is 0. The Morgan fingerprint density at radius 1 is 1.23 bits per heavy atom. The van der Waals surface area contributed by atoms with Crippen LogP contribution in [0.5, 0.6) is 0 Å². The minimum absolute atomic E-state index is 0.0242. The van der Waals surface area contributed by atoms with Gasteiger partial charge in [-0.2, -0.15) is 0 Å². The van der Waals surface area contributed by atoms with Crippen molar-refractivity contribution >= 4 is 34.8 Å². The molecule has 2 atom stereocenters. The van der Waals surface area contributed by atoms with Gasteiger partial charge >= 0.3 is 0 Å². The van der Waals surface area contributed by atoms with Crippen molar-refractivity contribution in [1.29, 1.82) is 0 Å². The average Bonchev–Trinajstić information content (AvgIpc) is 3.34. The van der Waals surface area contributed by atoms with Crippen LogP contribution in [0.4, 0.5) is 10.3 Å². The van der Waals surface area contributed by atoms with Crippen LogP contribution in [0.1, 0.15) is 25.5 Å². The lowest BCUT2D eigenvalue weighted by molar-refractivity contribution is 0.0973. The van der Waals surface area contributed by atoms with Gasteiger partial charge in [0.25, 0.3) is 0 Å². The van der Waals surface area contributed by atoms with Crippen molar-refractivity contribution in [1.82, 2.24) is 14.4 Å². The van der Waals surface area contributed by atoms with Crippen LogP contribution in [0.25, 0.3) is 16.8 Å². The van der Waals surface area contributed by atoms with Crippen molar-refractivity contribution < 1.29 is 9.13 Å². The Labute approximate surface area is 190 Å². The summed E-state index contributed by atoms with van der Waals surface area (Å²) in [6, 6.07) is 2.81. The van der Waals surface area contributed by atoms with E-state index in [0.29, 0.717) is 23.5 Å². The Morgan fingerprint density at radius 3 is 2.65 bits per heavy atom. The third-order valence-electron chi connectivity index (χ3n) is 6.89. The lowest BCUT2D eigenvalue weighted by atomic mass is 9.73. The molecule has 2 saturated heterocycles. The van der Waals surface area contributed by atoms with Crippen LogP contribution in [0.3, 0.4) is 0 Å². The number of anilines is 1. The first kappa shape index (κ1) is 20.9. The van der Waals surface area contributed by atoms with Gasteiger partial charge in [-0.3, -0.25) is 4.40 Å². The van der Waals surface area contributed by atoms with Crippen LogP contribution >= 0.6 is 23.2 Å². The van der Waals surface area contributed by atoms with Gasteiger partial charge in [0.05, 0.1) is 34.0 Å². The van der Waals surface area contributed by atoms with E-state index in [-0.39, 0.29) is 33.2 Å². The number of halogens is 3. The van der Waals surface area contributed by atoms with Crippen LogP contribution in [-0.2, 0) is 4.74 Å². The maximum Gasteiger partial charge on any atom is 0.211 e. The SMILES string of the molecule is Cc1nc(N2CCC3(CC2)COC(C)[C@H]3N)n2ccnc2c1-c1c(F)ccc(Cl)c1Cl. The highest BCUT2D eigenvalue weighted by Crippen LogP contribution is 2.43. The standard InChI is InChI=1S/C22H24Cl2FN5O/c1-12-16(17-15(25)4-3-14(23)18(17)24)20-27-7-10-30(20)21(28-12)29-8-5-22(6-9-29)11-31-13(2)19(22)26/h3-4,7,10,13,19H,5-6,8-9,11,26H2,1-2H3/t13?,19-/m1/s1. The summed E-state index contributed by atoms with van der Waals surface area (Å²) >= 11 is 12.6. The molecule has 2 aliphatic rings. The van der Waals surface area contributed by atoms with E-state index in [1.807, 2.05) is 24.4 Å². The van der Waals surface area contributed by atoms with Crippen LogP contribution in [0.2, 0.25) is 10.0 Å². The molecule has 1 unspecified atom stereocenters. The van der Waals surface area contributed by atoms with Gasteiger partial charge in [0.2, 0.25) is 5.95 Å². The number of nitrogens with two attached hydrogens (primary N) is 1. The molecular weight excluding hydrogens is 440 g/mol. The second kappa shape index (κ2) is 7.59. The summed E-state index contributed by atoms with van der Waals surface area (Å²) in [5.41, 5.74) is 8.50. The summed E-state index contributed by atoms with van der Waals surface area (Å²) in [5.74, 6) is 0.323. The van der Waals surface area contributed by atoms with E-state index in [9.17, 15) is 4.39 Å². The number of rotatable bonds is 2. The predicted octanol–water partition coefficient (Wildman–Crippen LogP) is 4.48. The molecule has 3 aromatic rings. The topological polar surface area (TPSA) is 68.7 Å². The zero-order valence-electron chi connectivity index (χ0n) is 17.4. The third kappa shape index (κ3) is 3.21. The number of imidazole rings is 1. The maximum absolute atomic E-state index is 14.8. The fourth-order valence-electron chi connectivity index (χ4n) is 4.97. The van der Waals surface area contributed by atoms with Gasteiger partial charge < -0.3 is 15.4 Å². The van der Waals surface area contributed by atoms with Crippen molar-refractivity contribution in [3.63, 3.8) is 0 Å². The van der Waals surface area contributed by atoms with Crippen LogP contribution in [0, 0.1) is 18.2 Å². The van der Waals surface area contributed by atoms with Gasteiger partial charge in [-0.1, -0.05) is 23.2 Å². The smallest absolute Gasteiger partial charge is 0.211 e. The van der Waals surface area contributed by atoms with Gasteiger partial charge in [-0.05, 0) is 38.8 Å². The van der Waals surface area contributed by atoms with E-state index in [2.05, 4.69) is 9.88 Å². The Bertz CT molecular complexity index is 1160. The number of hydrogen-bond donors (Lipinski definition) is 1. The molecule has 164 valence electrons. The molecule has 6 nitrogen and oxygen atoms in total. The van der Waals surface area contributed by atoms with E-state index in [1.165, 1.54) is 12.1 Å². The quantitative estimate of drug-likeness (QED) is 0.567. The Kier molecular flexibility index (Phi) is 5.13. The molecule has 5 rings (SSSR count). The molecule has 31 heavy (non-hydrogen) atoms. The highest BCUT2D eigenvalue weighted by atomic mass is 35.5. The zero-order chi connectivity index (χ0) is 21.9. The van der Waals surface area contributed by atoms with Gasteiger partial charge in [0.15, 0.2) is 0 Å². The molecule has 1 aromatic carbocycles. The molecule has 9 heteroatoms. The third-order valence-corrected chi connectivity index (χ3v) is 7.70. The second-order valence-electron chi connectivity index (χ2n) is 8.60. The number of aryl methyl sites for hydroxylation is 1. The van der Waals surface area contributed by atoms with Crippen LogP contribution in [-0.4, -0.2) is 46.2 Å². The number of ether oxygens (including phenoxy) is 1. The van der Waals surface area contributed by atoms with Gasteiger partial charge in [0, 0.05) is 42.5 Å². The highest BCUT2D eigenvalue weighted by molar-refractivity contribution is 6.43. The minimum atomic E-state index is -0.457. The number of hydrogen-bond acceptors (Lipinski definition) is 5. The number of fused-ring (bicyclic) bond motifs is 1. The first-order valence-corrected chi connectivity index (χ1v) is 11.2. The molecule has 0 aliphatic carbocycles. The van der Waals surface area contributed by atoms with Crippen molar-refractivity contribution in [3.05, 3.63) is 46.1 Å². The molecule has 4 heterocycles. The first-order valence-electron chi connectivity index (χ1n) is 10.4. The van der Waals surface area contributed by atoms with E-state index in [4.69, 9.17) is 38.7 Å². The van der Waals surface area contributed by atoms with E-state index >= 15 is 0 Å². The molecule has 0 radical (unpaired) electrons. The van der Waals surface area contributed by atoms with Crippen molar-refractivity contribution in [2.24, 2.45) is 11.1 Å². The van der Waals surface area contributed by atoms with Crippen molar-refractivity contribution in [2.75, 3.05) is 24.6 Å². The summed E-state index contributed by atoms with van der Waals surface area (Å²) in [4.78, 5) is 11.6. The van der Waals surface area contributed by atoms with Crippen LogP contribution < -0.4 is 10.6 Å². The molecule has 2 aromatic heterocycles. The number of benzene rings is 1. The summed E-state index contributed by atoms with van der Waals surface area (Å²) in [6.45, 7) is 6.23. The first-order chi connectivity index (χ1) is 14.8. The number of aromatic nitrogens is 3. The molecule has 2 N–H and O–H groups in total.